The van der Waals surface area contributed by atoms with Gasteiger partial charge in [-0.15, -0.1) is 0 Å². The molecular formula is C6H14N4. The van der Waals surface area contributed by atoms with Crippen molar-refractivity contribution in [1.82, 2.24) is 10.0 Å². The van der Waals surface area contributed by atoms with E-state index in [-0.39, 0.29) is 12.3 Å². The molecule has 58 valence electrons. The molecule has 2 atom stereocenters. The lowest BCUT2D eigenvalue weighted by molar-refractivity contribution is -0.0589. The topological polar surface area (TPSA) is 31.2 Å². The fourth-order valence-corrected chi connectivity index (χ4v) is 0.870. The van der Waals surface area contributed by atoms with Crippen molar-refractivity contribution in [2.45, 2.75) is 26.2 Å². The number of hydrogen-bond acceptors (Lipinski definition) is 4. The Labute approximate surface area is 61.5 Å². The lowest BCUT2D eigenvalue weighted by atomic mass is 10.5. The van der Waals surface area contributed by atoms with Crippen molar-refractivity contribution in [1.29, 1.82) is 0 Å². The maximum Gasteiger partial charge on any atom is 0.132 e. The monoisotopic (exact) mass is 142 g/mol. The van der Waals surface area contributed by atoms with E-state index in [2.05, 4.69) is 20.2 Å². The summed E-state index contributed by atoms with van der Waals surface area (Å²) in [7, 11) is 4.03. The van der Waals surface area contributed by atoms with E-state index in [0.29, 0.717) is 0 Å². The molecule has 0 aromatic carbocycles. The van der Waals surface area contributed by atoms with Gasteiger partial charge in [0, 0.05) is 14.1 Å². The van der Waals surface area contributed by atoms with E-state index in [1.54, 1.807) is 0 Å². The van der Waals surface area contributed by atoms with E-state index in [1.807, 2.05) is 27.9 Å². The molecule has 10 heavy (non-hydrogen) atoms. The molecule has 0 aromatic rings. The number of nitrogens with zero attached hydrogens (tertiary/aromatic N) is 4. The van der Waals surface area contributed by atoms with Gasteiger partial charge >= 0.3 is 0 Å². The highest BCUT2D eigenvalue weighted by Gasteiger charge is 2.21. The summed E-state index contributed by atoms with van der Waals surface area (Å²) in [6.07, 6.45) is 0.363. The van der Waals surface area contributed by atoms with Gasteiger partial charge in [0.25, 0.3) is 0 Å². The second-order valence-electron chi connectivity index (χ2n) is 2.64. The maximum atomic E-state index is 4.05. The number of hydrazine groups is 1. The van der Waals surface area contributed by atoms with E-state index in [9.17, 15) is 0 Å². The molecule has 0 aromatic heterocycles. The van der Waals surface area contributed by atoms with Crippen LogP contribution in [-0.2, 0) is 0 Å². The second-order valence-corrected chi connectivity index (χ2v) is 2.64. The van der Waals surface area contributed by atoms with Gasteiger partial charge in [-0.3, -0.25) is 0 Å². The van der Waals surface area contributed by atoms with Crippen LogP contribution in [0.15, 0.2) is 10.2 Å². The van der Waals surface area contributed by atoms with Crippen molar-refractivity contribution >= 4 is 0 Å². The highest BCUT2D eigenvalue weighted by atomic mass is 15.7. The molecule has 0 amide bonds. The van der Waals surface area contributed by atoms with Gasteiger partial charge in [0.05, 0.1) is 0 Å². The normalized spacial score (nSPS) is 36.8. The van der Waals surface area contributed by atoms with E-state index in [1.165, 1.54) is 0 Å². The SMILES string of the molecule is CC1N=NC(C)N(C)N1C. The van der Waals surface area contributed by atoms with Gasteiger partial charge in [-0.2, -0.15) is 10.2 Å². The summed E-state index contributed by atoms with van der Waals surface area (Å²) < 4.78 is 0. The maximum absolute atomic E-state index is 4.05. The van der Waals surface area contributed by atoms with Crippen LogP contribution in [0.4, 0.5) is 0 Å². The van der Waals surface area contributed by atoms with Gasteiger partial charge in [0.15, 0.2) is 0 Å². The average Bonchev–Trinajstić information content (AvgIpc) is 1.93. The fourth-order valence-electron chi connectivity index (χ4n) is 0.870. The van der Waals surface area contributed by atoms with Crippen molar-refractivity contribution in [3.05, 3.63) is 0 Å². The van der Waals surface area contributed by atoms with Crippen LogP contribution >= 0.6 is 0 Å². The largest absolute Gasteiger partial charge is 0.217 e. The summed E-state index contributed by atoms with van der Waals surface area (Å²) in [5, 5.41) is 12.2. The molecule has 0 saturated heterocycles. The zero-order valence-corrected chi connectivity index (χ0v) is 6.94. The minimum absolute atomic E-state index is 0.182. The molecule has 0 radical (unpaired) electrons. The summed E-state index contributed by atoms with van der Waals surface area (Å²) in [5.41, 5.74) is 0. The molecule has 1 heterocycles. The summed E-state index contributed by atoms with van der Waals surface area (Å²) in [4.78, 5) is 0. The highest BCUT2D eigenvalue weighted by molar-refractivity contribution is 4.65. The van der Waals surface area contributed by atoms with Gasteiger partial charge in [0.2, 0.25) is 0 Å². The Morgan fingerprint density at radius 1 is 0.900 bits per heavy atom. The van der Waals surface area contributed by atoms with Crippen LogP contribution in [0.25, 0.3) is 0 Å². The van der Waals surface area contributed by atoms with Crippen LogP contribution in [-0.4, -0.2) is 36.4 Å². The van der Waals surface area contributed by atoms with Crippen LogP contribution in [0.5, 0.6) is 0 Å². The van der Waals surface area contributed by atoms with E-state index < -0.39 is 0 Å². The quantitative estimate of drug-likeness (QED) is 0.503. The van der Waals surface area contributed by atoms with Crippen molar-refractivity contribution in [2.75, 3.05) is 14.1 Å². The van der Waals surface area contributed by atoms with Gasteiger partial charge in [0.1, 0.15) is 12.3 Å². The second kappa shape index (κ2) is 2.64. The minimum atomic E-state index is 0.182. The van der Waals surface area contributed by atoms with E-state index in [4.69, 9.17) is 0 Å². The van der Waals surface area contributed by atoms with Crippen molar-refractivity contribution in [3.8, 4) is 0 Å². The van der Waals surface area contributed by atoms with Crippen molar-refractivity contribution < 1.29 is 0 Å². The standard InChI is InChI=1S/C6H14N4/c1-5-7-8-6(2)10(4)9(5)3/h5-6H,1-4H3. The van der Waals surface area contributed by atoms with Crippen LogP contribution in [0.3, 0.4) is 0 Å². The van der Waals surface area contributed by atoms with Crippen LogP contribution < -0.4 is 0 Å². The first-order chi connectivity index (χ1) is 4.63. The third kappa shape index (κ3) is 1.17. The van der Waals surface area contributed by atoms with Gasteiger partial charge in [-0.25, -0.2) is 10.0 Å². The summed E-state index contributed by atoms with van der Waals surface area (Å²) >= 11 is 0. The number of hydrogen-bond donors (Lipinski definition) is 0. The molecule has 0 spiro atoms. The molecule has 1 aliphatic rings. The third-order valence-corrected chi connectivity index (χ3v) is 1.98. The Morgan fingerprint density at radius 2 is 1.20 bits per heavy atom. The van der Waals surface area contributed by atoms with E-state index >= 15 is 0 Å². The Bertz CT molecular complexity index is 129. The van der Waals surface area contributed by atoms with Gasteiger partial charge < -0.3 is 0 Å². The first-order valence-corrected chi connectivity index (χ1v) is 3.48. The molecule has 0 bridgehead atoms. The summed E-state index contributed by atoms with van der Waals surface area (Å²) in [6, 6.07) is 0. The van der Waals surface area contributed by atoms with Crippen LogP contribution in [0, 0.1) is 0 Å². The zero-order chi connectivity index (χ0) is 7.72. The molecule has 2 unspecified atom stereocenters. The van der Waals surface area contributed by atoms with Crippen molar-refractivity contribution in [3.63, 3.8) is 0 Å². The Hall–Kier alpha value is -0.480. The van der Waals surface area contributed by atoms with Gasteiger partial charge in [-0.1, -0.05) is 0 Å². The number of rotatable bonds is 0. The predicted molar refractivity (Wildman–Crippen MR) is 39.3 cm³/mol. The van der Waals surface area contributed by atoms with Crippen LogP contribution in [0.2, 0.25) is 0 Å². The average molecular weight is 142 g/mol. The Balaban J connectivity index is 2.69. The van der Waals surface area contributed by atoms with Crippen molar-refractivity contribution in [2.24, 2.45) is 10.2 Å². The molecule has 4 heteroatoms. The Morgan fingerprint density at radius 3 is 1.50 bits per heavy atom. The first-order valence-electron chi connectivity index (χ1n) is 3.48. The van der Waals surface area contributed by atoms with Crippen LogP contribution in [0.1, 0.15) is 13.8 Å². The number of azo groups is 1. The smallest absolute Gasteiger partial charge is 0.132 e. The fraction of sp³-hybridized carbons (Fsp3) is 1.00. The lowest BCUT2D eigenvalue weighted by Crippen LogP contribution is -2.48. The predicted octanol–water partition coefficient (Wildman–Crippen LogP) is 0.923. The molecule has 1 aliphatic heterocycles. The molecule has 0 fully saturated rings. The zero-order valence-electron chi connectivity index (χ0n) is 6.94. The van der Waals surface area contributed by atoms with E-state index in [0.717, 1.165) is 0 Å². The van der Waals surface area contributed by atoms with Gasteiger partial charge in [-0.05, 0) is 13.8 Å². The lowest BCUT2D eigenvalue weighted by Gasteiger charge is -2.36. The summed E-state index contributed by atoms with van der Waals surface area (Å²) in [5.74, 6) is 0. The molecular weight excluding hydrogens is 128 g/mol. The highest BCUT2D eigenvalue weighted by Crippen LogP contribution is 2.12. The third-order valence-electron chi connectivity index (χ3n) is 1.98. The first kappa shape index (κ1) is 7.63. The summed E-state index contributed by atoms with van der Waals surface area (Å²) in [6.45, 7) is 4.04. The Kier molecular flexibility index (Phi) is 2.01. The molecule has 0 N–H and O–H groups in total. The minimum Gasteiger partial charge on any atom is -0.217 e. The molecule has 0 saturated carbocycles. The molecule has 1 rings (SSSR count). The molecule has 0 aliphatic carbocycles. The molecule has 4 nitrogen and oxygen atoms in total.